The van der Waals surface area contributed by atoms with Crippen LogP contribution in [0.2, 0.25) is 0 Å². The van der Waals surface area contributed by atoms with Crippen molar-refractivity contribution in [3.63, 3.8) is 0 Å². The summed E-state index contributed by atoms with van der Waals surface area (Å²) in [5.41, 5.74) is 1.35. The highest BCUT2D eigenvalue weighted by Gasteiger charge is 2.14. The molecule has 3 aromatic rings. The molecule has 0 radical (unpaired) electrons. The highest BCUT2D eigenvalue weighted by Crippen LogP contribution is 2.27. The van der Waals surface area contributed by atoms with Crippen LogP contribution < -0.4 is 5.56 Å². The lowest BCUT2D eigenvalue weighted by atomic mass is 10.1. The molecule has 8 heteroatoms. The molecule has 0 spiro atoms. The molecular formula is C17H12N4O3S. The lowest BCUT2D eigenvalue weighted by molar-refractivity contribution is -0.384. The van der Waals surface area contributed by atoms with E-state index in [1.54, 1.807) is 0 Å². The second-order valence-electron chi connectivity index (χ2n) is 5.40. The summed E-state index contributed by atoms with van der Waals surface area (Å²) in [6.07, 6.45) is 1.53. The average Bonchev–Trinajstić information content (AvgIpc) is 2.87. The highest BCUT2D eigenvalue weighted by molar-refractivity contribution is 7.18. The van der Waals surface area contributed by atoms with Crippen LogP contribution in [0.1, 0.15) is 21.8 Å². The van der Waals surface area contributed by atoms with Crippen LogP contribution in [0.4, 0.5) is 5.69 Å². The van der Waals surface area contributed by atoms with E-state index in [4.69, 9.17) is 0 Å². The number of allylic oxidation sites excluding steroid dienone is 1. The Morgan fingerprint density at radius 3 is 2.64 bits per heavy atom. The first-order valence-corrected chi connectivity index (χ1v) is 8.09. The molecule has 3 rings (SSSR count). The fraction of sp³-hybridized carbons (Fsp3) is 0.118. The van der Waals surface area contributed by atoms with Crippen molar-refractivity contribution < 1.29 is 4.92 Å². The molecular weight excluding hydrogens is 340 g/mol. The summed E-state index contributed by atoms with van der Waals surface area (Å²) in [6, 6.07) is 7.79. The number of thiophene rings is 1. The lowest BCUT2D eigenvalue weighted by Gasteiger charge is -2.00. The molecule has 0 bridgehead atoms. The maximum atomic E-state index is 12.3. The smallest absolute Gasteiger partial charge is 0.269 e. The molecule has 2 heterocycles. The Morgan fingerprint density at radius 2 is 2.04 bits per heavy atom. The van der Waals surface area contributed by atoms with Gasteiger partial charge in [0.1, 0.15) is 10.9 Å². The average molecular weight is 352 g/mol. The molecule has 0 unspecified atom stereocenters. The van der Waals surface area contributed by atoms with E-state index in [9.17, 15) is 20.2 Å². The number of hydrogen-bond donors (Lipinski definition) is 1. The maximum absolute atomic E-state index is 12.3. The number of H-pyrrole nitrogens is 1. The number of rotatable bonds is 3. The summed E-state index contributed by atoms with van der Waals surface area (Å²) in [5, 5.41) is 20.7. The van der Waals surface area contributed by atoms with Gasteiger partial charge in [0.15, 0.2) is 5.82 Å². The van der Waals surface area contributed by atoms with Crippen molar-refractivity contribution in [1.29, 1.82) is 5.26 Å². The van der Waals surface area contributed by atoms with Gasteiger partial charge < -0.3 is 4.98 Å². The SMILES string of the molecule is Cc1sc2nc(/C(C#N)=C/c3ccc([N+](=O)[O-])cc3)[nH]c(=O)c2c1C. The van der Waals surface area contributed by atoms with E-state index >= 15 is 0 Å². The minimum absolute atomic E-state index is 0.0341. The van der Waals surface area contributed by atoms with Crippen molar-refractivity contribution in [1.82, 2.24) is 9.97 Å². The number of hydrogen-bond acceptors (Lipinski definition) is 6. The zero-order chi connectivity index (χ0) is 18.1. The quantitative estimate of drug-likeness (QED) is 0.440. The maximum Gasteiger partial charge on any atom is 0.269 e. The van der Waals surface area contributed by atoms with Crippen LogP contribution in [-0.2, 0) is 0 Å². The lowest BCUT2D eigenvalue weighted by Crippen LogP contribution is -2.10. The monoisotopic (exact) mass is 352 g/mol. The van der Waals surface area contributed by atoms with Crippen LogP contribution in [0, 0.1) is 35.3 Å². The molecule has 124 valence electrons. The van der Waals surface area contributed by atoms with Gasteiger partial charge in [0.05, 0.1) is 15.9 Å². The van der Waals surface area contributed by atoms with E-state index in [1.807, 2.05) is 19.9 Å². The first-order chi connectivity index (χ1) is 11.9. The van der Waals surface area contributed by atoms with E-state index in [-0.39, 0.29) is 22.6 Å². The van der Waals surface area contributed by atoms with Crippen molar-refractivity contribution in [2.24, 2.45) is 0 Å². The molecule has 1 aromatic carbocycles. The molecule has 0 amide bonds. The summed E-state index contributed by atoms with van der Waals surface area (Å²) in [5.74, 6) is 0.180. The number of nitro groups is 1. The number of benzene rings is 1. The van der Waals surface area contributed by atoms with Crippen molar-refractivity contribution in [2.45, 2.75) is 13.8 Å². The van der Waals surface area contributed by atoms with Gasteiger partial charge in [-0.3, -0.25) is 14.9 Å². The fourth-order valence-corrected chi connectivity index (χ4v) is 3.42. The topological polar surface area (TPSA) is 113 Å². The molecule has 0 saturated heterocycles. The molecule has 0 saturated carbocycles. The van der Waals surface area contributed by atoms with Crippen molar-refractivity contribution in [3.8, 4) is 6.07 Å². The van der Waals surface area contributed by atoms with Crippen LogP contribution in [-0.4, -0.2) is 14.9 Å². The third-order valence-corrected chi connectivity index (χ3v) is 4.93. The van der Waals surface area contributed by atoms with Gasteiger partial charge in [-0.25, -0.2) is 4.98 Å². The Labute approximate surface area is 146 Å². The van der Waals surface area contributed by atoms with Crippen LogP contribution in [0.5, 0.6) is 0 Å². The van der Waals surface area contributed by atoms with Crippen molar-refractivity contribution in [2.75, 3.05) is 0 Å². The molecule has 0 fully saturated rings. The van der Waals surface area contributed by atoms with Crippen LogP contribution >= 0.6 is 11.3 Å². The molecule has 7 nitrogen and oxygen atoms in total. The number of nitro benzene ring substituents is 1. The third-order valence-electron chi connectivity index (χ3n) is 3.83. The zero-order valence-electron chi connectivity index (χ0n) is 13.4. The van der Waals surface area contributed by atoms with Crippen LogP contribution in [0.3, 0.4) is 0 Å². The molecule has 1 N–H and O–H groups in total. The number of non-ortho nitro benzene ring substituents is 1. The Bertz CT molecular complexity index is 1120. The molecule has 0 aliphatic rings. The van der Waals surface area contributed by atoms with Gasteiger partial charge in [0, 0.05) is 17.0 Å². The van der Waals surface area contributed by atoms with Gasteiger partial charge in [0.2, 0.25) is 0 Å². The second kappa shape index (κ2) is 6.30. The van der Waals surface area contributed by atoms with Gasteiger partial charge in [-0.15, -0.1) is 11.3 Å². The van der Waals surface area contributed by atoms with E-state index in [1.165, 1.54) is 41.7 Å². The summed E-state index contributed by atoms with van der Waals surface area (Å²) >= 11 is 1.40. The predicted molar refractivity (Wildman–Crippen MR) is 96.3 cm³/mol. The minimum Gasteiger partial charge on any atom is -0.305 e. The summed E-state index contributed by atoms with van der Waals surface area (Å²) in [4.78, 5) is 31.2. The van der Waals surface area contributed by atoms with Crippen molar-refractivity contribution >= 4 is 38.9 Å². The van der Waals surface area contributed by atoms with E-state index in [0.717, 1.165) is 10.4 Å². The first-order valence-electron chi connectivity index (χ1n) is 7.27. The molecule has 0 atom stereocenters. The van der Waals surface area contributed by atoms with Crippen molar-refractivity contribution in [3.05, 3.63) is 66.6 Å². The normalized spacial score (nSPS) is 11.5. The van der Waals surface area contributed by atoms with Crippen LogP contribution in [0.15, 0.2) is 29.1 Å². The van der Waals surface area contributed by atoms with E-state index in [2.05, 4.69) is 9.97 Å². The number of aromatic amines is 1. The second-order valence-corrected chi connectivity index (χ2v) is 6.60. The van der Waals surface area contributed by atoms with Crippen LogP contribution in [0.25, 0.3) is 21.9 Å². The number of nitrogens with one attached hydrogen (secondary N) is 1. The van der Waals surface area contributed by atoms with E-state index < -0.39 is 4.92 Å². The summed E-state index contributed by atoms with van der Waals surface area (Å²) in [7, 11) is 0. The number of nitrogens with zero attached hydrogens (tertiary/aromatic N) is 3. The Hall–Kier alpha value is -3.31. The van der Waals surface area contributed by atoms with Gasteiger partial charge >= 0.3 is 0 Å². The minimum atomic E-state index is -0.493. The number of aromatic nitrogens is 2. The van der Waals surface area contributed by atoms with Gasteiger partial charge in [0.25, 0.3) is 11.2 Å². The fourth-order valence-electron chi connectivity index (χ4n) is 2.39. The Kier molecular flexibility index (Phi) is 4.17. The summed E-state index contributed by atoms with van der Waals surface area (Å²) < 4.78 is 0. The highest BCUT2D eigenvalue weighted by atomic mass is 32.1. The predicted octanol–water partition coefficient (Wildman–Crippen LogP) is 3.57. The molecule has 0 aliphatic heterocycles. The molecule has 0 aliphatic carbocycles. The van der Waals surface area contributed by atoms with Gasteiger partial charge in [-0.05, 0) is 43.2 Å². The Balaban J connectivity index is 2.09. The number of nitriles is 1. The largest absolute Gasteiger partial charge is 0.305 e. The first kappa shape index (κ1) is 16.5. The standard InChI is InChI=1S/C17H12N4O3S/c1-9-10(2)25-17-14(9)16(22)19-15(20-17)12(8-18)7-11-3-5-13(6-4-11)21(23)24/h3-7H,1-2H3,(H,19,20,22)/b12-7+. The zero-order valence-corrected chi connectivity index (χ0v) is 14.2. The van der Waals surface area contributed by atoms with E-state index in [0.29, 0.717) is 15.8 Å². The Morgan fingerprint density at radius 1 is 1.36 bits per heavy atom. The van der Waals surface area contributed by atoms with Gasteiger partial charge in [-0.2, -0.15) is 5.26 Å². The third kappa shape index (κ3) is 3.05. The van der Waals surface area contributed by atoms with Gasteiger partial charge in [-0.1, -0.05) is 0 Å². The number of aryl methyl sites for hydroxylation is 2. The number of fused-ring (bicyclic) bond motifs is 1. The summed E-state index contributed by atoms with van der Waals surface area (Å²) in [6.45, 7) is 3.78. The molecule has 2 aromatic heterocycles. The molecule has 25 heavy (non-hydrogen) atoms.